The molecule has 0 aliphatic rings. The molecule has 0 radical (unpaired) electrons. The molecule has 5 nitrogen and oxygen atoms in total. The number of hydrogen-bond acceptors (Lipinski definition) is 4. The summed E-state index contributed by atoms with van der Waals surface area (Å²) in [7, 11) is 0. The maximum atomic E-state index is 12.6. The van der Waals surface area contributed by atoms with Gasteiger partial charge in [-0.3, -0.25) is 9.59 Å². The Morgan fingerprint density at radius 1 is 0.867 bits per heavy atom. The fourth-order valence-electron chi connectivity index (χ4n) is 3.09. The highest BCUT2D eigenvalue weighted by atomic mass is 16.5. The zero-order chi connectivity index (χ0) is 21.3. The van der Waals surface area contributed by atoms with E-state index in [2.05, 4.69) is 0 Å². The van der Waals surface area contributed by atoms with E-state index in [1.165, 1.54) is 0 Å². The summed E-state index contributed by atoms with van der Waals surface area (Å²) in [6.45, 7) is 2.06. The molecule has 30 heavy (non-hydrogen) atoms. The molecule has 0 aliphatic carbocycles. The molecule has 0 heterocycles. The van der Waals surface area contributed by atoms with Crippen LogP contribution in [0.25, 0.3) is 11.1 Å². The largest absolute Gasteiger partial charge is 0.461 e. The lowest BCUT2D eigenvalue weighted by molar-refractivity contribution is -0.144. The van der Waals surface area contributed by atoms with Gasteiger partial charge in [0.05, 0.1) is 12.5 Å². The van der Waals surface area contributed by atoms with Crippen molar-refractivity contribution in [2.45, 2.75) is 26.0 Å². The molecular weight excluding hydrogens is 376 g/mol. The summed E-state index contributed by atoms with van der Waals surface area (Å²) in [5.74, 6) is -0.597. The number of benzene rings is 3. The number of hydrogen-bond donors (Lipinski definition) is 1. The van der Waals surface area contributed by atoms with Gasteiger partial charge in [-0.2, -0.15) is 0 Å². The van der Waals surface area contributed by atoms with Crippen LogP contribution < -0.4 is 10.6 Å². The molecule has 0 spiro atoms. The van der Waals surface area contributed by atoms with Crippen molar-refractivity contribution < 1.29 is 14.3 Å². The van der Waals surface area contributed by atoms with E-state index in [0.717, 1.165) is 16.7 Å². The summed E-state index contributed by atoms with van der Waals surface area (Å²) in [4.78, 5) is 26.4. The number of nitrogens with zero attached hydrogens (tertiary/aromatic N) is 1. The van der Waals surface area contributed by atoms with Crippen molar-refractivity contribution in [3.05, 3.63) is 90.5 Å². The van der Waals surface area contributed by atoms with Crippen LogP contribution in [0.2, 0.25) is 0 Å². The van der Waals surface area contributed by atoms with Gasteiger partial charge >= 0.3 is 5.97 Å². The van der Waals surface area contributed by atoms with Gasteiger partial charge in [-0.15, -0.1) is 0 Å². The summed E-state index contributed by atoms with van der Waals surface area (Å²) >= 11 is 0. The molecule has 0 aromatic heterocycles. The minimum Gasteiger partial charge on any atom is -0.461 e. The lowest BCUT2D eigenvalue weighted by atomic mass is 10.1. The fourth-order valence-corrected chi connectivity index (χ4v) is 3.09. The van der Waals surface area contributed by atoms with E-state index in [4.69, 9.17) is 10.5 Å². The molecule has 0 unspecified atom stereocenters. The maximum Gasteiger partial charge on any atom is 0.307 e. The molecule has 0 saturated heterocycles. The summed E-state index contributed by atoms with van der Waals surface area (Å²) in [6.07, 6.45) is 0.0890. The topological polar surface area (TPSA) is 72.6 Å². The molecule has 3 aromatic carbocycles. The average molecular weight is 402 g/mol. The standard InChI is InChI=1S/C25H26N2O3/c1-19(26)25(29)27(17-16-24(28)30-18-20-8-4-2-5-9-20)23-14-12-22(13-15-23)21-10-6-3-7-11-21/h2-15,19H,16-18,26H2,1H3/t19-/m0/s1. The number of carbonyl (C=O) groups excluding carboxylic acids is 2. The van der Waals surface area contributed by atoms with Gasteiger partial charge in [-0.25, -0.2) is 0 Å². The Labute approximate surface area is 177 Å². The van der Waals surface area contributed by atoms with E-state index >= 15 is 0 Å². The first kappa shape index (κ1) is 21.3. The van der Waals surface area contributed by atoms with Crippen molar-refractivity contribution >= 4 is 17.6 Å². The smallest absolute Gasteiger partial charge is 0.307 e. The molecule has 0 bridgehead atoms. The van der Waals surface area contributed by atoms with Crippen LogP contribution in [0, 0.1) is 0 Å². The molecule has 0 aliphatic heterocycles. The van der Waals surface area contributed by atoms with E-state index in [0.29, 0.717) is 5.69 Å². The normalized spacial score (nSPS) is 11.5. The molecular formula is C25H26N2O3. The van der Waals surface area contributed by atoms with E-state index < -0.39 is 6.04 Å². The molecule has 3 rings (SSSR count). The SMILES string of the molecule is C[C@H](N)C(=O)N(CCC(=O)OCc1ccccc1)c1ccc(-c2ccccc2)cc1. The van der Waals surface area contributed by atoms with Gasteiger partial charge in [0, 0.05) is 12.2 Å². The Balaban J connectivity index is 1.65. The monoisotopic (exact) mass is 402 g/mol. The number of ether oxygens (including phenoxy) is 1. The van der Waals surface area contributed by atoms with Gasteiger partial charge in [-0.1, -0.05) is 72.8 Å². The summed E-state index contributed by atoms with van der Waals surface area (Å²) in [5, 5.41) is 0. The molecule has 1 amide bonds. The third kappa shape index (κ3) is 5.78. The van der Waals surface area contributed by atoms with E-state index in [9.17, 15) is 9.59 Å². The number of rotatable bonds is 8. The minimum absolute atomic E-state index is 0.0890. The molecule has 0 saturated carbocycles. The highest BCUT2D eigenvalue weighted by Crippen LogP contribution is 2.23. The number of anilines is 1. The third-order valence-electron chi connectivity index (χ3n) is 4.72. The zero-order valence-corrected chi connectivity index (χ0v) is 17.0. The van der Waals surface area contributed by atoms with Crippen molar-refractivity contribution in [3.63, 3.8) is 0 Å². The minimum atomic E-state index is -0.667. The van der Waals surface area contributed by atoms with Crippen LogP contribution in [0.5, 0.6) is 0 Å². The van der Waals surface area contributed by atoms with Crippen LogP contribution in [0.4, 0.5) is 5.69 Å². The molecule has 3 aromatic rings. The predicted molar refractivity (Wildman–Crippen MR) is 119 cm³/mol. The van der Waals surface area contributed by atoms with Crippen molar-refractivity contribution in [1.29, 1.82) is 0 Å². The van der Waals surface area contributed by atoms with Gasteiger partial charge < -0.3 is 15.4 Å². The number of carbonyl (C=O) groups is 2. The second-order valence-corrected chi connectivity index (χ2v) is 7.09. The first-order chi connectivity index (χ1) is 14.5. The fraction of sp³-hybridized carbons (Fsp3) is 0.200. The van der Waals surface area contributed by atoms with Crippen LogP contribution in [0.3, 0.4) is 0 Å². The summed E-state index contributed by atoms with van der Waals surface area (Å²) < 4.78 is 5.32. The first-order valence-electron chi connectivity index (χ1n) is 9.96. The molecule has 154 valence electrons. The number of esters is 1. The van der Waals surface area contributed by atoms with Crippen LogP contribution >= 0.6 is 0 Å². The van der Waals surface area contributed by atoms with E-state index in [1.54, 1.807) is 11.8 Å². The van der Waals surface area contributed by atoms with Gasteiger partial charge in [-0.05, 0) is 35.7 Å². The van der Waals surface area contributed by atoms with Crippen LogP contribution in [-0.4, -0.2) is 24.5 Å². The highest BCUT2D eigenvalue weighted by Gasteiger charge is 2.20. The quantitative estimate of drug-likeness (QED) is 0.574. The third-order valence-corrected chi connectivity index (χ3v) is 4.72. The van der Waals surface area contributed by atoms with Crippen LogP contribution in [0.15, 0.2) is 84.9 Å². The van der Waals surface area contributed by atoms with Crippen LogP contribution in [0.1, 0.15) is 18.9 Å². The Kier molecular flexibility index (Phi) is 7.35. The highest BCUT2D eigenvalue weighted by molar-refractivity contribution is 5.97. The molecule has 0 fully saturated rings. The van der Waals surface area contributed by atoms with Crippen molar-refractivity contribution in [2.24, 2.45) is 5.73 Å². The van der Waals surface area contributed by atoms with Gasteiger partial charge in [0.1, 0.15) is 6.61 Å². The Morgan fingerprint density at radius 2 is 1.43 bits per heavy atom. The van der Waals surface area contributed by atoms with E-state index in [1.807, 2.05) is 84.9 Å². The van der Waals surface area contributed by atoms with Gasteiger partial charge in [0.2, 0.25) is 5.91 Å². The Bertz CT molecular complexity index is 955. The van der Waals surface area contributed by atoms with Crippen LogP contribution in [-0.2, 0) is 20.9 Å². The Hall–Kier alpha value is -3.44. The zero-order valence-electron chi connectivity index (χ0n) is 17.0. The van der Waals surface area contributed by atoms with Crippen molar-refractivity contribution in [2.75, 3.05) is 11.4 Å². The number of nitrogens with two attached hydrogens (primary N) is 1. The summed E-state index contributed by atoms with van der Waals surface area (Å²) in [6, 6.07) is 26.5. The van der Waals surface area contributed by atoms with Gasteiger partial charge in [0.25, 0.3) is 0 Å². The molecule has 1 atom stereocenters. The number of amides is 1. The maximum absolute atomic E-state index is 12.6. The lowest BCUT2D eigenvalue weighted by Crippen LogP contribution is -2.43. The lowest BCUT2D eigenvalue weighted by Gasteiger charge is -2.24. The second-order valence-electron chi connectivity index (χ2n) is 7.09. The van der Waals surface area contributed by atoms with Crippen molar-refractivity contribution in [3.8, 4) is 11.1 Å². The predicted octanol–water partition coefficient (Wildman–Crippen LogP) is 4.17. The van der Waals surface area contributed by atoms with E-state index in [-0.39, 0.29) is 31.4 Å². The molecule has 2 N–H and O–H groups in total. The second kappa shape index (κ2) is 10.4. The molecule has 5 heteroatoms. The Morgan fingerprint density at radius 3 is 2.03 bits per heavy atom. The average Bonchev–Trinajstić information content (AvgIpc) is 2.79. The van der Waals surface area contributed by atoms with Crippen molar-refractivity contribution in [1.82, 2.24) is 0 Å². The first-order valence-corrected chi connectivity index (χ1v) is 9.96. The summed E-state index contributed by atoms with van der Waals surface area (Å²) in [5.41, 5.74) is 9.60. The van der Waals surface area contributed by atoms with Gasteiger partial charge in [0.15, 0.2) is 0 Å².